The number of rotatable bonds is 8. The van der Waals surface area contributed by atoms with Crippen molar-refractivity contribution in [2.75, 3.05) is 20.2 Å². The fraction of sp³-hybridized carbons (Fsp3) is 0.389. The number of furan rings is 1. The maximum absolute atomic E-state index is 12.4. The van der Waals surface area contributed by atoms with Gasteiger partial charge in [-0.25, -0.2) is 0 Å². The molecule has 0 fully saturated rings. The van der Waals surface area contributed by atoms with Crippen molar-refractivity contribution in [2.45, 2.75) is 26.1 Å². The summed E-state index contributed by atoms with van der Waals surface area (Å²) in [7, 11) is 1.52. The van der Waals surface area contributed by atoms with E-state index in [0.717, 1.165) is 4.90 Å². The van der Waals surface area contributed by atoms with Crippen molar-refractivity contribution < 1.29 is 31.9 Å². The number of alkyl halides is 3. The van der Waals surface area contributed by atoms with Gasteiger partial charge in [0.25, 0.3) is 5.91 Å². The van der Waals surface area contributed by atoms with E-state index in [2.05, 4.69) is 0 Å². The van der Waals surface area contributed by atoms with Crippen molar-refractivity contribution in [3.8, 4) is 11.5 Å². The molecular formula is C18H20F3NO4. The number of nitrogens with zero attached hydrogens (tertiary/aromatic N) is 1. The van der Waals surface area contributed by atoms with Crippen LogP contribution in [0.1, 0.15) is 29.7 Å². The SMILES string of the molecule is CCN(CCC(F)(F)F)C(=O)c1ccc(COc2ccccc2OC)o1. The number of hydrogen-bond acceptors (Lipinski definition) is 4. The minimum absolute atomic E-state index is 0.0207. The van der Waals surface area contributed by atoms with Gasteiger partial charge in [0.2, 0.25) is 0 Å². The van der Waals surface area contributed by atoms with Crippen LogP contribution in [-0.4, -0.2) is 37.2 Å². The van der Waals surface area contributed by atoms with Crippen molar-refractivity contribution >= 4 is 5.91 Å². The molecule has 0 aliphatic heterocycles. The maximum Gasteiger partial charge on any atom is 0.390 e. The molecule has 8 heteroatoms. The molecule has 0 N–H and O–H groups in total. The van der Waals surface area contributed by atoms with Crippen molar-refractivity contribution in [2.24, 2.45) is 0 Å². The summed E-state index contributed by atoms with van der Waals surface area (Å²) in [5.74, 6) is 0.846. The molecule has 0 radical (unpaired) electrons. The minimum Gasteiger partial charge on any atom is -0.493 e. The van der Waals surface area contributed by atoms with Crippen LogP contribution in [0.5, 0.6) is 11.5 Å². The van der Waals surface area contributed by atoms with Gasteiger partial charge in [-0.2, -0.15) is 13.2 Å². The molecular weight excluding hydrogens is 351 g/mol. The van der Waals surface area contributed by atoms with E-state index in [-0.39, 0.29) is 18.9 Å². The highest BCUT2D eigenvalue weighted by atomic mass is 19.4. The Bertz CT molecular complexity index is 727. The summed E-state index contributed by atoms with van der Waals surface area (Å²) in [6.07, 6.45) is -5.37. The van der Waals surface area contributed by atoms with Gasteiger partial charge < -0.3 is 18.8 Å². The average molecular weight is 371 g/mol. The number of para-hydroxylation sites is 2. The van der Waals surface area contributed by atoms with Gasteiger partial charge in [-0.1, -0.05) is 12.1 Å². The zero-order chi connectivity index (χ0) is 19.2. The van der Waals surface area contributed by atoms with Crippen molar-refractivity contribution in [3.63, 3.8) is 0 Å². The number of hydrogen-bond donors (Lipinski definition) is 0. The van der Waals surface area contributed by atoms with Gasteiger partial charge in [0.05, 0.1) is 13.5 Å². The predicted octanol–water partition coefficient (Wildman–Crippen LogP) is 4.28. The summed E-state index contributed by atoms with van der Waals surface area (Å²) in [4.78, 5) is 13.4. The van der Waals surface area contributed by atoms with Gasteiger partial charge in [0, 0.05) is 13.1 Å². The molecule has 0 aliphatic rings. The van der Waals surface area contributed by atoms with Gasteiger partial charge in [0.15, 0.2) is 17.3 Å². The molecule has 0 aliphatic carbocycles. The highest BCUT2D eigenvalue weighted by Crippen LogP contribution is 2.27. The van der Waals surface area contributed by atoms with Gasteiger partial charge in [0.1, 0.15) is 12.4 Å². The summed E-state index contributed by atoms with van der Waals surface area (Å²) in [5.41, 5.74) is 0. The maximum atomic E-state index is 12.4. The Hall–Kier alpha value is -2.64. The number of amides is 1. The lowest BCUT2D eigenvalue weighted by Gasteiger charge is -2.20. The molecule has 1 amide bonds. The van der Waals surface area contributed by atoms with Crippen molar-refractivity contribution in [3.05, 3.63) is 47.9 Å². The van der Waals surface area contributed by atoms with Crippen LogP contribution in [0.15, 0.2) is 40.8 Å². The molecule has 0 spiro atoms. The third-order valence-corrected chi connectivity index (χ3v) is 3.65. The normalized spacial score (nSPS) is 11.3. The molecule has 26 heavy (non-hydrogen) atoms. The first kappa shape index (κ1) is 19.7. The summed E-state index contributed by atoms with van der Waals surface area (Å²) >= 11 is 0. The number of methoxy groups -OCH3 is 1. The van der Waals surface area contributed by atoms with E-state index in [9.17, 15) is 18.0 Å². The summed E-state index contributed by atoms with van der Waals surface area (Å²) < 4.78 is 53.3. The van der Waals surface area contributed by atoms with E-state index in [1.54, 1.807) is 37.3 Å². The second-order valence-electron chi connectivity index (χ2n) is 5.46. The van der Waals surface area contributed by atoms with Gasteiger partial charge >= 0.3 is 6.18 Å². The molecule has 0 saturated carbocycles. The summed E-state index contributed by atoms with van der Waals surface area (Å²) in [6.45, 7) is 1.42. The summed E-state index contributed by atoms with van der Waals surface area (Å²) in [6, 6.07) is 10.0. The first-order valence-corrected chi connectivity index (χ1v) is 8.04. The highest BCUT2D eigenvalue weighted by Gasteiger charge is 2.29. The Labute approximate surface area is 149 Å². The van der Waals surface area contributed by atoms with E-state index >= 15 is 0 Å². The summed E-state index contributed by atoms with van der Waals surface area (Å²) in [5, 5.41) is 0. The standard InChI is InChI=1S/C18H20F3NO4/c1-3-22(11-10-18(19,20)21)17(23)16-9-8-13(26-16)12-25-15-7-5-4-6-14(15)24-2/h4-9H,3,10-12H2,1-2H3. The lowest BCUT2D eigenvalue weighted by molar-refractivity contribution is -0.136. The molecule has 0 atom stereocenters. The number of benzene rings is 1. The molecule has 142 valence electrons. The Morgan fingerprint density at radius 1 is 1.15 bits per heavy atom. The quantitative estimate of drug-likeness (QED) is 0.695. The third-order valence-electron chi connectivity index (χ3n) is 3.65. The number of halogens is 3. The average Bonchev–Trinajstić information content (AvgIpc) is 3.08. The van der Waals surface area contributed by atoms with Gasteiger partial charge in [-0.3, -0.25) is 4.79 Å². The Kier molecular flexibility index (Phi) is 6.54. The van der Waals surface area contributed by atoms with E-state index in [4.69, 9.17) is 13.9 Å². The fourth-order valence-corrected chi connectivity index (χ4v) is 2.28. The molecule has 5 nitrogen and oxygen atoms in total. The Morgan fingerprint density at radius 2 is 1.85 bits per heavy atom. The van der Waals surface area contributed by atoms with Crippen LogP contribution in [0.4, 0.5) is 13.2 Å². The molecule has 0 bridgehead atoms. The van der Waals surface area contributed by atoms with Gasteiger partial charge in [-0.15, -0.1) is 0 Å². The molecule has 1 heterocycles. The third kappa shape index (κ3) is 5.44. The highest BCUT2D eigenvalue weighted by molar-refractivity contribution is 5.91. The molecule has 0 unspecified atom stereocenters. The molecule has 1 aromatic heterocycles. The number of carbonyl (C=O) groups is 1. The van der Waals surface area contributed by atoms with Crippen LogP contribution < -0.4 is 9.47 Å². The van der Waals surface area contributed by atoms with Crippen molar-refractivity contribution in [1.82, 2.24) is 4.90 Å². The second kappa shape index (κ2) is 8.64. The van der Waals surface area contributed by atoms with Crippen LogP contribution in [0, 0.1) is 0 Å². The molecule has 2 aromatic rings. The topological polar surface area (TPSA) is 51.9 Å². The lowest BCUT2D eigenvalue weighted by Crippen LogP contribution is -2.33. The van der Waals surface area contributed by atoms with Crippen molar-refractivity contribution in [1.29, 1.82) is 0 Å². The van der Waals surface area contributed by atoms with Crippen LogP contribution >= 0.6 is 0 Å². The zero-order valence-corrected chi connectivity index (χ0v) is 14.5. The van der Waals surface area contributed by atoms with E-state index < -0.39 is 25.0 Å². The number of ether oxygens (including phenoxy) is 2. The molecule has 0 saturated heterocycles. The van der Waals surface area contributed by atoms with Gasteiger partial charge in [-0.05, 0) is 31.2 Å². The van der Waals surface area contributed by atoms with E-state index in [0.29, 0.717) is 17.3 Å². The molecule has 1 aromatic carbocycles. The lowest BCUT2D eigenvalue weighted by atomic mass is 10.3. The van der Waals surface area contributed by atoms with E-state index in [1.165, 1.54) is 13.2 Å². The van der Waals surface area contributed by atoms with Crippen LogP contribution in [0.3, 0.4) is 0 Å². The minimum atomic E-state index is -4.31. The van der Waals surface area contributed by atoms with Crippen LogP contribution in [0.25, 0.3) is 0 Å². The first-order chi connectivity index (χ1) is 12.3. The first-order valence-electron chi connectivity index (χ1n) is 8.04. The smallest absolute Gasteiger partial charge is 0.390 e. The Balaban J connectivity index is 1.98. The largest absolute Gasteiger partial charge is 0.493 e. The Morgan fingerprint density at radius 3 is 2.46 bits per heavy atom. The second-order valence-corrected chi connectivity index (χ2v) is 5.46. The number of carbonyl (C=O) groups excluding carboxylic acids is 1. The van der Waals surface area contributed by atoms with E-state index in [1.807, 2.05) is 0 Å². The van der Waals surface area contributed by atoms with Crippen LogP contribution in [0.2, 0.25) is 0 Å². The predicted molar refractivity (Wildman–Crippen MR) is 88.3 cm³/mol. The monoisotopic (exact) mass is 371 g/mol. The molecule has 2 rings (SSSR count). The van der Waals surface area contributed by atoms with Crippen LogP contribution in [-0.2, 0) is 6.61 Å². The zero-order valence-electron chi connectivity index (χ0n) is 14.5. The fourth-order valence-electron chi connectivity index (χ4n) is 2.28.